The van der Waals surface area contributed by atoms with Crippen molar-refractivity contribution in [1.29, 1.82) is 0 Å². The van der Waals surface area contributed by atoms with Crippen LogP contribution in [0.1, 0.15) is 44.2 Å². The lowest BCUT2D eigenvalue weighted by Crippen LogP contribution is -2.50. The van der Waals surface area contributed by atoms with Gasteiger partial charge < -0.3 is 16.0 Å². The number of hydrogen-bond donors (Lipinski definition) is 3. The fraction of sp³-hybridized carbons (Fsp3) is 0.500. The predicted octanol–water partition coefficient (Wildman–Crippen LogP) is 0.801. The smallest absolute Gasteiger partial charge is 0.325 e. The normalized spacial score (nSPS) is 21.9. The molecule has 28 heavy (non-hydrogen) atoms. The summed E-state index contributed by atoms with van der Waals surface area (Å²) >= 11 is 0. The van der Waals surface area contributed by atoms with Gasteiger partial charge in [0.2, 0.25) is 11.8 Å². The molecule has 0 saturated carbocycles. The lowest BCUT2D eigenvalue weighted by molar-refractivity contribution is -0.136. The summed E-state index contributed by atoms with van der Waals surface area (Å²) in [6, 6.07) is 6.24. The molecule has 3 N–H and O–H groups in total. The van der Waals surface area contributed by atoms with Crippen LogP contribution in [0.2, 0.25) is 0 Å². The molecule has 0 aromatic heterocycles. The van der Waals surface area contributed by atoms with E-state index in [1.54, 1.807) is 6.92 Å². The van der Waals surface area contributed by atoms with Gasteiger partial charge in [0.05, 0.1) is 0 Å². The van der Waals surface area contributed by atoms with Gasteiger partial charge in [-0.2, -0.15) is 0 Å². The molecule has 8 heteroatoms. The van der Waals surface area contributed by atoms with E-state index in [0.29, 0.717) is 13.0 Å². The largest absolute Gasteiger partial charge is 0.354 e. The van der Waals surface area contributed by atoms with Crippen LogP contribution in [0, 0.1) is 0 Å². The number of hydrogen-bond acceptors (Lipinski definition) is 4. The number of rotatable bonds is 6. The minimum absolute atomic E-state index is 0.301. The average Bonchev–Trinajstić information content (AvgIpc) is 2.91. The standard InChI is InChI=1S/C20H26N4O4/c1-3-11-21-17(26)13(2)22-16(25)12-24-18(27)20(23-19(24)28)10-6-8-14-7-4-5-9-15(14)20/h4-5,7,9,13H,3,6,8,10-12H2,1-2H3,(H,21,26)(H,22,25)(H,23,28)/t13-,20-/m1/s1. The van der Waals surface area contributed by atoms with E-state index < -0.39 is 36.0 Å². The Morgan fingerprint density at radius 3 is 2.79 bits per heavy atom. The first-order valence-corrected chi connectivity index (χ1v) is 9.68. The zero-order valence-electron chi connectivity index (χ0n) is 16.2. The van der Waals surface area contributed by atoms with Gasteiger partial charge >= 0.3 is 6.03 Å². The van der Waals surface area contributed by atoms with Gasteiger partial charge in [0.1, 0.15) is 18.1 Å². The highest BCUT2D eigenvalue weighted by atomic mass is 16.2. The molecule has 1 fully saturated rings. The zero-order chi connectivity index (χ0) is 20.3. The summed E-state index contributed by atoms with van der Waals surface area (Å²) in [5.74, 6) is -1.27. The molecule has 0 unspecified atom stereocenters. The van der Waals surface area contributed by atoms with Gasteiger partial charge in [0, 0.05) is 6.54 Å². The minimum atomic E-state index is -1.10. The van der Waals surface area contributed by atoms with Crippen LogP contribution in [0.5, 0.6) is 0 Å². The number of carbonyl (C=O) groups excluding carboxylic acids is 4. The number of fused-ring (bicyclic) bond motifs is 2. The molecule has 5 amide bonds. The molecule has 1 saturated heterocycles. The summed E-state index contributed by atoms with van der Waals surface area (Å²) in [5, 5.41) is 8.05. The van der Waals surface area contributed by atoms with Crippen LogP contribution in [-0.2, 0) is 26.3 Å². The van der Waals surface area contributed by atoms with Crippen LogP contribution >= 0.6 is 0 Å². The van der Waals surface area contributed by atoms with E-state index in [4.69, 9.17) is 0 Å². The molecule has 1 spiro atoms. The number of benzene rings is 1. The average molecular weight is 386 g/mol. The predicted molar refractivity (Wildman–Crippen MR) is 102 cm³/mol. The van der Waals surface area contributed by atoms with Crippen molar-refractivity contribution in [3.05, 3.63) is 35.4 Å². The summed E-state index contributed by atoms with van der Waals surface area (Å²) in [6.45, 7) is 3.60. The highest BCUT2D eigenvalue weighted by Crippen LogP contribution is 2.39. The summed E-state index contributed by atoms with van der Waals surface area (Å²) in [6.07, 6.45) is 2.92. The second kappa shape index (κ2) is 8.00. The lowest BCUT2D eigenvalue weighted by Gasteiger charge is -2.33. The van der Waals surface area contributed by atoms with E-state index in [-0.39, 0.29) is 5.91 Å². The fourth-order valence-electron chi connectivity index (χ4n) is 3.85. The molecule has 0 bridgehead atoms. The number of nitrogens with one attached hydrogen (secondary N) is 3. The summed E-state index contributed by atoms with van der Waals surface area (Å²) in [5.41, 5.74) is 0.737. The van der Waals surface area contributed by atoms with Crippen LogP contribution in [0.4, 0.5) is 4.79 Å². The monoisotopic (exact) mass is 386 g/mol. The van der Waals surface area contributed by atoms with Crippen LogP contribution in [0.3, 0.4) is 0 Å². The third-order valence-corrected chi connectivity index (χ3v) is 5.27. The van der Waals surface area contributed by atoms with E-state index in [1.165, 1.54) is 0 Å². The molecule has 150 valence electrons. The van der Waals surface area contributed by atoms with Crippen LogP contribution < -0.4 is 16.0 Å². The molecule has 3 rings (SSSR count). The molecule has 1 aromatic carbocycles. The van der Waals surface area contributed by atoms with Crippen molar-refractivity contribution in [3.8, 4) is 0 Å². The van der Waals surface area contributed by atoms with Crippen molar-refractivity contribution >= 4 is 23.8 Å². The zero-order valence-corrected chi connectivity index (χ0v) is 16.2. The molecule has 1 aromatic rings. The third kappa shape index (κ3) is 3.58. The maximum Gasteiger partial charge on any atom is 0.325 e. The highest BCUT2D eigenvalue weighted by Gasteiger charge is 2.54. The Kier molecular flexibility index (Phi) is 5.67. The summed E-state index contributed by atoms with van der Waals surface area (Å²) in [4.78, 5) is 50.8. The Bertz CT molecular complexity index is 809. The topological polar surface area (TPSA) is 108 Å². The quantitative estimate of drug-likeness (QED) is 0.629. The SMILES string of the molecule is CCCNC(=O)[C@@H](C)NC(=O)CN1C(=O)N[C@@]2(CCCc3ccccc32)C1=O. The molecule has 1 heterocycles. The Labute approximate surface area is 164 Å². The Morgan fingerprint density at radius 2 is 2.04 bits per heavy atom. The second-order valence-corrected chi connectivity index (χ2v) is 7.32. The van der Waals surface area contributed by atoms with Gasteiger partial charge in [-0.1, -0.05) is 31.2 Å². The van der Waals surface area contributed by atoms with Crippen molar-refractivity contribution in [2.24, 2.45) is 0 Å². The van der Waals surface area contributed by atoms with Crippen LogP contribution in [-0.4, -0.2) is 47.8 Å². The van der Waals surface area contributed by atoms with Crippen molar-refractivity contribution in [3.63, 3.8) is 0 Å². The van der Waals surface area contributed by atoms with Gasteiger partial charge in [-0.25, -0.2) is 4.79 Å². The molecular weight excluding hydrogens is 360 g/mol. The van der Waals surface area contributed by atoms with Crippen LogP contribution in [0.15, 0.2) is 24.3 Å². The first-order valence-electron chi connectivity index (χ1n) is 9.68. The van der Waals surface area contributed by atoms with E-state index >= 15 is 0 Å². The van der Waals surface area contributed by atoms with Crippen molar-refractivity contribution in [2.45, 2.75) is 51.1 Å². The first kappa shape index (κ1) is 19.9. The number of amides is 5. The van der Waals surface area contributed by atoms with E-state index in [2.05, 4.69) is 16.0 Å². The molecular formula is C20H26N4O4. The van der Waals surface area contributed by atoms with Gasteiger partial charge in [0.25, 0.3) is 5.91 Å². The van der Waals surface area contributed by atoms with E-state index in [9.17, 15) is 19.2 Å². The molecule has 1 aliphatic carbocycles. The number of aryl methyl sites for hydroxylation is 1. The second-order valence-electron chi connectivity index (χ2n) is 7.32. The van der Waals surface area contributed by atoms with Gasteiger partial charge in [0.15, 0.2) is 0 Å². The maximum absolute atomic E-state index is 13.1. The van der Waals surface area contributed by atoms with Gasteiger partial charge in [-0.05, 0) is 43.7 Å². The molecule has 2 aliphatic rings. The highest BCUT2D eigenvalue weighted by molar-refractivity contribution is 6.09. The molecule has 8 nitrogen and oxygen atoms in total. The summed E-state index contributed by atoms with van der Waals surface area (Å²) in [7, 11) is 0. The lowest BCUT2D eigenvalue weighted by atomic mass is 9.76. The van der Waals surface area contributed by atoms with E-state index in [1.807, 2.05) is 31.2 Å². The molecule has 2 atom stereocenters. The minimum Gasteiger partial charge on any atom is -0.354 e. The number of urea groups is 1. The first-order chi connectivity index (χ1) is 13.4. The van der Waals surface area contributed by atoms with Gasteiger partial charge in [-0.15, -0.1) is 0 Å². The van der Waals surface area contributed by atoms with Crippen molar-refractivity contribution in [1.82, 2.24) is 20.9 Å². The van der Waals surface area contributed by atoms with Crippen molar-refractivity contribution < 1.29 is 19.2 Å². The number of imide groups is 1. The number of carbonyl (C=O) groups is 4. The van der Waals surface area contributed by atoms with E-state index in [0.717, 1.165) is 35.3 Å². The Hall–Kier alpha value is -2.90. The van der Waals surface area contributed by atoms with Crippen LogP contribution in [0.25, 0.3) is 0 Å². The maximum atomic E-state index is 13.1. The Morgan fingerprint density at radius 1 is 1.29 bits per heavy atom. The number of nitrogens with zero attached hydrogens (tertiary/aromatic N) is 1. The van der Waals surface area contributed by atoms with Gasteiger partial charge in [-0.3, -0.25) is 19.3 Å². The van der Waals surface area contributed by atoms with Crippen molar-refractivity contribution in [2.75, 3.05) is 13.1 Å². The molecule has 1 aliphatic heterocycles. The Balaban J connectivity index is 1.70. The summed E-state index contributed by atoms with van der Waals surface area (Å²) < 4.78 is 0. The fourth-order valence-corrected chi connectivity index (χ4v) is 3.85. The third-order valence-electron chi connectivity index (χ3n) is 5.27. The molecule has 0 radical (unpaired) electrons.